The summed E-state index contributed by atoms with van der Waals surface area (Å²) in [6.07, 6.45) is 0. The number of hydrogen-bond donors (Lipinski definition) is 1. The minimum absolute atomic E-state index is 0.0537. The molecular weight excluding hydrogens is 371 g/mol. The monoisotopic (exact) mass is 382 g/mol. The molecule has 0 aliphatic carbocycles. The summed E-state index contributed by atoms with van der Waals surface area (Å²) in [6.45, 7) is 0.0537. The average molecular weight is 382 g/mol. The first kappa shape index (κ1) is 16.9. The summed E-state index contributed by atoms with van der Waals surface area (Å²) in [5.41, 5.74) is 0.651. The van der Waals surface area contributed by atoms with E-state index >= 15 is 0 Å². The van der Waals surface area contributed by atoms with Gasteiger partial charge in [0.05, 0.1) is 5.39 Å². The number of carbonyl (C=O) groups excluding carboxylic acids is 1. The third-order valence-electron chi connectivity index (χ3n) is 3.68. The molecule has 1 N–H and O–H groups in total. The van der Waals surface area contributed by atoms with E-state index in [-0.39, 0.29) is 17.1 Å². The van der Waals surface area contributed by atoms with Crippen molar-refractivity contribution in [1.29, 1.82) is 0 Å². The van der Waals surface area contributed by atoms with Crippen molar-refractivity contribution in [3.8, 4) is 0 Å². The Kier molecular flexibility index (Phi) is 4.38. The minimum atomic E-state index is -0.470. The van der Waals surface area contributed by atoms with Crippen LogP contribution in [0.2, 0.25) is 0 Å². The van der Waals surface area contributed by atoms with E-state index in [1.165, 1.54) is 28.9 Å². The Morgan fingerprint density at radius 1 is 1.07 bits per heavy atom. The van der Waals surface area contributed by atoms with Crippen LogP contribution in [0.4, 0.5) is 10.1 Å². The number of nitrogens with zero attached hydrogens (tertiary/aromatic N) is 5. The molecule has 2 aromatic heterocycles. The molecule has 0 aliphatic rings. The van der Waals surface area contributed by atoms with E-state index in [9.17, 15) is 14.0 Å². The van der Waals surface area contributed by atoms with Crippen LogP contribution in [0.15, 0.2) is 53.3 Å². The Morgan fingerprint density at radius 2 is 1.85 bits per heavy atom. The topological polar surface area (TPSA) is 103 Å². The summed E-state index contributed by atoms with van der Waals surface area (Å²) in [5.74, 6) is -0.865. The fraction of sp³-hybridized carbons (Fsp3) is 0.0588. The SMILES string of the molecule is O=C(Nc1ccc(F)cc1)c1nnc(Cn2nnc3ccccc3c2=O)s1. The summed E-state index contributed by atoms with van der Waals surface area (Å²) >= 11 is 1.04. The van der Waals surface area contributed by atoms with Crippen LogP contribution in [0.5, 0.6) is 0 Å². The van der Waals surface area contributed by atoms with Gasteiger partial charge >= 0.3 is 0 Å². The molecule has 27 heavy (non-hydrogen) atoms. The molecule has 2 heterocycles. The second-order valence-corrected chi connectivity index (χ2v) is 6.59. The Morgan fingerprint density at radius 3 is 2.67 bits per heavy atom. The lowest BCUT2D eigenvalue weighted by Crippen LogP contribution is -2.24. The molecule has 0 radical (unpaired) electrons. The molecule has 1 amide bonds. The number of rotatable bonds is 4. The maximum Gasteiger partial charge on any atom is 0.286 e. The summed E-state index contributed by atoms with van der Waals surface area (Å²) in [5, 5.41) is 19.3. The summed E-state index contributed by atoms with van der Waals surface area (Å²) in [7, 11) is 0. The number of benzene rings is 2. The van der Waals surface area contributed by atoms with E-state index < -0.39 is 11.7 Å². The van der Waals surface area contributed by atoms with Crippen molar-refractivity contribution in [1.82, 2.24) is 25.2 Å². The van der Waals surface area contributed by atoms with Crippen LogP contribution in [0, 0.1) is 5.82 Å². The molecule has 2 aromatic carbocycles. The zero-order chi connectivity index (χ0) is 18.8. The Hall–Kier alpha value is -3.53. The largest absolute Gasteiger partial charge is 0.320 e. The van der Waals surface area contributed by atoms with Gasteiger partial charge in [0, 0.05) is 5.69 Å². The zero-order valence-electron chi connectivity index (χ0n) is 13.7. The summed E-state index contributed by atoms with van der Waals surface area (Å²) < 4.78 is 14.1. The van der Waals surface area contributed by atoms with Gasteiger partial charge in [-0.1, -0.05) is 28.7 Å². The van der Waals surface area contributed by atoms with Gasteiger partial charge in [-0.15, -0.1) is 15.3 Å². The highest BCUT2D eigenvalue weighted by Crippen LogP contribution is 2.14. The second kappa shape index (κ2) is 7.00. The Bertz CT molecular complexity index is 1190. The van der Waals surface area contributed by atoms with E-state index in [0.717, 1.165) is 11.3 Å². The van der Waals surface area contributed by atoms with Crippen molar-refractivity contribution in [3.05, 3.63) is 74.7 Å². The van der Waals surface area contributed by atoms with Crippen LogP contribution in [-0.2, 0) is 6.54 Å². The lowest BCUT2D eigenvalue weighted by molar-refractivity contribution is 0.102. The van der Waals surface area contributed by atoms with Crippen LogP contribution in [0.25, 0.3) is 10.9 Å². The number of anilines is 1. The number of amides is 1. The first-order valence-corrected chi connectivity index (χ1v) is 8.63. The number of nitrogens with one attached hydrogen (secondary N) is 1. The lowest BCUT2D eigenvalue weighted by Gasteiger charge is -2.02. The van der Waals surface area contributed by atoms with Crippen molar-refractivity contribution in [2.75, 3.05) is 5.32 Å². The van der Waals surface area contributed by atoms with Gasteiger partial charge in [0.2, 0.25) is 5.01 Å². The molecule has 0 saturated carbocycles. The first-order valence-electron chi connectivity index (χ1n) is 7.82. The number of hydrogen-bond acceptors (Lipinski definition) is 7. The van der Waals surface area contributed by atoms with E-state index in [1.54, 1.807) is 24.3 Å². The second-order valence-electron chi connectivity index (χ2n) is 5.53. The van der Waals surface area contributed by atoms with Crippen molar-refractivity contribution in [3.63, 3.8) is 0 Å². The van der Waals surface area contributed by atoms with Gasteiger partial charge in [-0.2, -0.15) is 0 Å². The molecule has 0 unspecified atom stereocenters. The van der Waals surface area contributed by atoms with E-state index in [4.69, 9.17) is 0 Å². The van der Waals surface area contributed by atoms with Crippen molar-refractivity contribution >= 4 is 33.8 Å². The third kappa shape index (κ3) is 3.55. The Balaban J connectivity index is 1.53. The van der Waals surface area contributed by atoms with Gasteiger partial charge in [0.1, 0.15) is 22.9 Å². The molecular formula is C17H11FN6O2S. The van der Waals surface area contributed by atoms with Crippen LogP contribution in [-0.4, -0.2) is 31.1 Å². The van der Waals surface area contributed by atoms with E-state index in [2.05, 4.69) is 25.8 Å². The molecule has 0 fully saturated rings. The van der Waals surface area contributed by atoms with Crippen LogP contribution in [0.1, 0.15) is 14.8 Å². The molecule has 8 nitrogen and oxygen atoms in total. The van der Waals surface area contributed by atoms with Gasteiger partial charge in [0.25, 0.3) is 11.5 Å². The fourth-order valence-electron chi connectivity index (χ4n) is 2.38. The smallest absolute Gasteiger partial charge is 0.286 e. The molecule has 0 saturated heterocycles. The Labute approximate surface area is 155 Å². The van der Waals surface area contributed by atoms with Gasteiger partial charge < -0.3 is 5.32 Å². The predicted octanol–water partition coefficient (Wildman–Crippen LogP) is 2.08. The van der Waals surface area contributed by atoms with E-state index in [0.29, 0.717) is 21.6 Å². The maximum atomic E-state index is 12.9. The molecule has 10 heteroatoms. The average Bonchev–Trinajstić information content (AvgIpc) is 3.15. The van der Waals surface area contributed by atoms with Gasteiger partial charge in [-0.05, 0) is 36.4 Å². The highest BCUT2D eigenvalue weighted by molar-refractivity contribution is 7.13. The summed E-state index contributed by atoms with van der Waals surface area (Å²) in [4.78, 5) is 24.7. The van der Waals surface area contributed by atoms with Crippen LogP contribution < -0.4 is 10.9 Å². The molecule has 0 aliphatic heterocycles. The highest BCUT2D eigenvalue weighted by Gasteiger charge is 2.15. The molecule has 4 aromatic rings. The molecule has 0 spiro atoms. The quantitative estimate of drug-likeness (QED) is 0.580. The first-order chi connectivity index (χ1) is 13.1. The van der Waals surface area contributed by atoms with Crippen LogP contribution in [0.3, 0.4) is 0 Å². The van der Waals surface area contributed by atoms with E-state index in [1.807, 2.05) is 0 Å². The van der Waals surface area contributed by atoms with Crippen molar-refractivity contribution in [2.45, 2.75) is 6.54 Å². The van der Waals surface area contributed by atoms with Crippen molar-refractivity contribution < 1.29 is 9.18 Å². The molecule has 0 atom stereocenters. The molecule has 4 rings (SSSR count). The fourth-order valence-corrected chi connectivity index (χ4v) is 3.10. The zero-order valence-corrected chi connectivity index (χ0v) is 14.5. The van der Waals surface area contributed by atoms with Crippen LogP contribution >= 0.6 is 11.3 Å². The summed E-state index contributed by atoms with van der Waals surface area (Å²) in [6, 6.07) is 12.3. The standard InChI is InChI=1S/C17H11FN6O2S/c18-10-5-7-11(8-6-10)19-15(25)16-22-21-14(27-16)9-24-17(26)12-3-1-2-4-13(12)20-23-24/h1-8H,9H2,(H,19,25). The van der Waals surface area contributed by atoms with Gasteiger partial charge in [0.15, 0.2) is 0 Å². The number of carbonyl (C=O) groups is 1. The third-order valence-corrected chi connectivity index (χ3v) is 4.58. The number of halogens is 1. The van der Waals surface area contributed by atoms with Crippen molar-refractivity contribution in [2.24, 2.45) is 0 Å². The number of aromatic nitrogens is 5. The maximum absolute atomic E-state index is 12.9. The molecule has 134 valence electrons. The van der Waals surface area contributed by atoms with Gasteiger partial charge in [-0.25, -0.2) is 9.07 Å². The minimum Gasteiger partial charge on any atom is -0.320 e. The lowest BCUT2D eigenvalue weighted by atomic mass is 10.2. The normalized spacial score (nSPS) is 10.9. The number of fused-ring (bicyclic) bond motifs is 1. The predicted molar refractivity (Wildman–Crippen MR) is 97.2 cm³/mol. The van der Waals surface area contributed by atoms with Gasteiger partial charge in [-0.3, -0.25) is 9.59 Å². The highest BCUT2D eigenvalue weighted by atomic mass is 32.1. The molecule has 0 bridgehead atoms.